The number of pyridine rings is 1. The van der Waals surface area contributed by atoms with Crippen LogP contribution in [0.15, 0.2) is 36.4 Å². The molecule has 0 aliphatic heterocycles. The fraction of sp³-hybridized carbons (Fsp3) is 0.222. The van der Waals surface area contributed by atoms with Gasteiger partial charge in [0.2, 0.25) is 6.20 Å². The smallest absolute Gasteiger partial charge is 0.211 e. The van der Waals surface area contributed by atoms with E-state index in [1.54, 1.807) is 6.20 Å². The van der Waals surface area contributed by atoms with E-state index in [1.165, 1.54) is 0 Å². The van der Waals surface area contributed by atoms with Crippen molar-refractivity contribution in [1.82, 2.24) is 0 Å². The van der Waals surface area contributed by atoms with Crippen molar-refractivity contribution in [3.63, 3.8) is 0 Å². The Labute approximate surface area is 66.4 Å². The van der Waals surface area contributed by atoms with Crippen molar-refractivity contribution >= 4 is 6.20 Å². The molecule has 1 N–H and O–H groups in total. The van der Waals surface area contributed by atoms with E-state index >= 15 is 0 Å². The zero-order chi connectivity index (χ0) is 8.10. The number of allylic oxidation sites excluding steroid dienone is 1. The maximum absolute atomic E-state index is 9.15. The molecule has 0 aliphatic rings. The van der Waals surface area contributed by atoms with Crippen LogP contribution in [0.4, 0.5) is 0 Å². The van der Waals surface area contributed by atoms with Gasteiger partial charge >= 0.3 is 0 Å². The van der Waals surface area contributed by atoms with E-state index < -0.39 is 0 Å². The summed E-state index contributed by atoms with van der Waals surface area (Å²) in [5, 5.41) is 9.15. The molecule has 0 saturated heterocycles. The van der Waals surface area contributed by atoms with E-state index in [0.717, 1.165) is 0 Å². The van der Waals surface area contributed by atoms with Crippen molar-refractivity contribution in [3.8, 4) is 0 Å². The molecule has 2 nitrogen and oxygen atoms in total. The summed E-state index contributed by atoms with van der Waals surface area (Å²) in [5.74, 6) is 0.390. The summed E-state index contributed by atoms with van der Waals surface area (Å²) in [6.45, 7) is 1.91. The molecule has 0 spiro atoms. The third-order valence-electron chi connectivity index (χ3n) is 1.40. The van der Waals surface area contributed by atoms with Crippen LogP contribution in [0.5, 0.6) is 0 Å². The van der Waals surface area contributed by atoms with Gasteiger partial charge in [0.1, 0.15) is 0 Å². The minimum atomic E-state index is 0.390. The number of aromatic nitrogens is 1. The fourth-order valence-electron chi connectivity index (χ4n) is 0.761. The van der Waals surface area contributed by atoms with Crippen LogP contribution >= 0.6 is 0 Å². The number of aliphatic hydroxyl groups excluding tert-OH is 1. The normalized spacial score (nSPS) is 11.5. The minimum absolute atomic E-state index is 0.390. The standard InChI is InChI=1S/C9H11NO/c1-2-9(11)8-10-6-4-3-5-7-10/h3-8H,2H2,1H3/p+1/b9-8-. The lowest BCUT2D eigenvalue weighted by atomic mass is 10.4. The van der Waals surface area contributed by atoms with Crippen molar-refractivity contribution in [3.05, 3.63) is 36.4 Å². The monoisotopic (exact) mass is 150 g/mol. The van der Waals surface area contributed by atoms with Crippen LogP contribution < -0.4 is 4.57 Å². The lowest BCUT2D eigenvalue weighted by molar-refractivity contribution is -0.569. The van der Waals surface area contributed by atoms with Crippen molar-refractivity contribution in [2.45, 2.75) is 13.3 Å². The number of rotatable bonds is 2. The summed E-state index contributed by atoms with van der Waals surface area (Å²) < 4.78 is 1.82. The average molecular weight is 150 g/mol. The highest BCUT2D eigenvalue weighted by Gasteiger charge is 1.94. The minimum Gasteiger partial charge on any atom is -0.506 e. The molecular weight excluding hydrogens is 138 g/mol. The van der Waals surface area contributed by atoms with Gasteiger partial charge < -0.3 is 5.11 Å². The van der Waals surface area contributed by atoms with Crippen molar-refractivity contribution in [2.24, 2.45) is 0 Å². The van der Waals surface area contributed by atoms with Gasteiger partial charge in [-0.15, -0.1) is 0 Å². The fourth-order valence-corrected chi connectivity index (χ4v) is 0.761. The molecule has 1 aromatic heterocycles. The summed E-state index contributed by atoms with van der Waals surface area (Å²) in [4.78, 5) is 0. The van der Waals surface area contributed by atoms with Crippen LogP contribution in [0.3, 0.4) is 0 Å². The van der Waals surface area contributed by atoms with Gasteiger partial charge in [-0.05, 0) is 0 Å². The Morgan fingerprint density at radius 2 is 2.00 bits per heavy atom. The predicted octanol–water partition coefficient (Wildman–Crippen LogP) is 1.74. The summed E-state index contributed by atoms with van der Waals surface area (Å²) in [5.41, 5.74) is 0. The quantitative estimate of drug-likeness (QED) is 0.504. The van der Waals surface area contributed by atoms with Crippen LogP contribution in [0, 0.1) is 0 Å². The van der Waals surface area contributed by atoms with E-state index in [1.807, 2.05) is 42.1 Å². The average Bonchev–Trinajstić information content (AvgIpc) is 2.06. The largest absolute Gasteiger partial charge is 0.506 e. The maximum Gasteiger partial charge on any atom is 0.211 e. The van der Waals surface area contributed by atoms with E-state index in [9.17, 15) is 0 Å². The van der Waals surface area contributed by atoms with Gasteiger partial charge in [0.05, 0.1) is 0 Å². The Bertz CT molecular complexity index is 241. The van der Waals surface area contributed by atoms with Gasteiger partial charge in [0.15, 0.2) is 18.2 Å². The number of aliphatic hydroxyl groups is 1. The van der Waals surface area contributed by atoms with Gasteiger partial charge in [-0.25, -0.2) is 0 Å². The summed E-state index contributed by atoms with van der Waals surface area (Å²) in [7, 11) is 0. The second-order valence-corrected chi connectivity index (χ2v) is 2.30. The number of hydrogen-bond acceptors (Lipinski definition) is 1. The van der Waals surface area contributed by atoms with Crippen molar-refractivity contribution in [2.75, 3.05) is 0 Å². The first-order valence-corrected chi connectivity index (χ1v) is 3.68. The topological polar surface area (TPSA) is 24.1 Å². The third-order valence-corrected chi connectivity index (χ3v) is 1.40. The van der Waals surface area contributed by atoms with Crippen LogP contribution in [-0.4, -0.2) is 5.11 Å². The molecule has 0 aliphatic carbocycles. The lowest BCUT2D eigenvalue weighted by Crippen LogP contribution is -2.24. The van der Waals surface area contributed by atoms with Crippen LogP contribution in [0.1, 0.15) is 13.3 Å². The highest BCUT2D eigenvalue weighted by Crippen LogP contribution is 1.91. The molecule has 11 heavy (non-hydrogen) atoms. The maximum atomic E-state index is 9.15. The molecule has 0 saturated carbocycles. The van der Waals surface area contributed by atoms with E-state index in [-0.39, 0.29) is 0 Å². The first kappa shape index (κ1) is 7.79. The Kier molecular flexibility index (Phi) is 2.66. The SMILES string of the molecule is CC/C(O)=C/[n+]1ccccc1. The molecule has 58 valence electrons. The van der Waals surface area contributed by atoms with E-state index in [0.29, 0.717) is 12.2 Å². The Morgan fingerprint density at radius 1 is 1.36 bits per heavy atom. The van der Waals surface area contributed by atoms with E-state index in [2.05, 4.69) is 0 Å². The third kappa shape index (κ3) is 2.42. The molecule has 1 heterocycles. The molecule has 0 amide bonds. The second kappa shape index (κ2) is 3.76. The first-order chi connectivity index (χ1) is 5.33. The number of hydrogen-bond donors (Lipinski definition) is 1. The zero-order valence-corrected chi connectivity index (χ0v) is 6.57. The molecule has 2 heteroatoms. The summed E-state index contributed by atoms with van der Waals surface area (Å²) in [6.07, 6.45) is 6.12. The van der Waals surface area contributed by atoms with Gasteiger partial charge in [-0.1, -0.05) is 13.0 Å². The Balaban J connectivity index is 2.79. The van der Waals surface area contributed by atoms with Crippen molar-refractivity contribution < 1.29 is 9.67 Å². The van der Waals surface area contributed by atoms with Gasteiger partial charge in [-0.3, -0.25) is 0 Å². The van der Waals surface area contributed by atoms with Crippen molar-refractivity contribution in [1.29, 1.82) is 0 Å². The molecule has 0 bridgehead atoms. The Morgan fingerprint density at radius 3 is 2.55 bits per heavy atom. The molecule has 0 radical (unpaired) electrons. The van der Waals surface area contributed by atoms with Gasteiger partial charge in [0.25, 0.3) is 0 Å². The van der Waals surface area contributed by atoms with E-state index in [4.69, 9.17) is 5.11 Å². The number of nitrogens with zero attached hydrogens (tertiary/aromatic N) is 1. The van der Waals surface area contributed by atoms with Crippen LogP contribution in [0.2, 0.25) is 0 Å². The molecule has 0 atom stereocenters. The predicted molar refractivity (Wildman–Crippen MR) is 43.8 cm³/mol. The van der Waals surface area contributed by atoms with Crippen LogP contribution in [-0.2, 0) is 0 Å². The first-order valence-electron chi connectivity index (χ1n) is 3.68. The highest BCUT2D eigenvalue weighted by atomic mass is 16.3. The lowest BCUT2D eigenvalue weighted by Gasteiger charge is -1.88. The molecule has 1 rings (SSSR count). The summed E-state index contributed by atoms with van der Waals surface area (Å²) >= 11 is 0. The second-order valence-electron chi connectivity index (χ2n) is 2.30. The highest BCUT2D eigenvalue weighted by molar-refractivity contribution is 5.11. The molecule has 0 unspecified atom stereocenters. The summed E-state index contributed by atoms with van der Waals surface area (Å²) in [6, 6.07) is 5.77. The molecule has 0 fully saturated rings. The molecule has 0 aromatic carbocycles. The Hall–Kier alpha value is -1.31. The molecular formula is C9H12NO+. The molecule has 1 aromatic rings. The zero-order valence-electron chi connectivity index (χ0n) is 6.57. The van der Waals surface area contributed by atoms with Gasteiger partial charge in [0, 0.05) is 18.6 Å². The van der Waals surface area contributed by atoms with Crippen LogP contribution in [0.25, 0.3) is 6.20 Å². The van der Waals surface area contributed by atoms with Gasteiger partial charge in [-0.2, -0.15) is 4.57 Å².